The first-order chi connectivity index (χ1) is 11.3. The van der Waals surface area contributed by atoms with Crippen molar-refractivity contribution in [3.8, 4) is 0 Å². The van der Waals surface area contributed by atoms with Crippen molar-refractivity contribution in [1.29, 1.82) is 0 Å². The van der Waals surface area contributed by atoms with Gasteiger partial charge in [-0.15, -0.1) is 0 Å². The third-order valence-corrected chi connectivity index (χ3v) is 4.76. The number of H-pyrrole nitrogens is 1. The molecule has 2 aromatic carbocycles. The van der Waals surface area contributed by atoms with Gasteiger partial charge in [-0.1, -0.05) is 24.3 Å². The number of hydrogen-bond donors (Lipinski definition) is 2. The van der Waals surface area contributed by atoms with Crippen molar-refractivity contribution in [2.45, 2.75) is 25.3 Å². The summed E-state index contributed by atoms with van der Waals surface area (Å²) in [6.07, 6.45) is 2.36. The third kappa shape index (κ3) is 3.13. The summed E-state index contributed by atoms with van der Waals surface area (Å²) in [6.45, 7) is 3.08. The summed E-state index contributed by atoms with van der Waals surface area (Å²) in [5.41, 5.74) is 3.23. The molecule has 1 aromatic heterocycles. The Labute approximate surface area is 135 Å². The molecule has 118 valence electrons. The molecule has 1 aliphatic rings. The van der Waals surface area contributed by atoms with E-state index in [0.29, 0.717) is 5.92 Å². The molecule has 3 aromatic rings. The first kappa shape index (κ1) is 14.4. The van der Waals surface area contributed by atoms with Gasteiger partial charge in [0.25, 0.3) is 0 Å². The molecule has 0 saturated carbocycles. The summed E-state index contributed by atoms with van der Waals surface area (Å²) in [6, 6.07) is 15.2. The van der Waals surface area contributed by atoms with Gasteiger partial charge in [0.05, 0.1) is 30.0 Å². The number of aromatic amines is 1. The Morgan fingerprint density at radius 3 is 2.96 bits per heavy atom. The number of fused-ring (bicyclic) bond motifs is 1. The standard InChI is InChI=1S/C19H20FN3/c20-16-7-3-5-14(11-16)12-23-10-4-6-15(13-23)19-21-17-8-1-2-9-18(17)22-19/h1-3,5,7-9,11,15H,4,6,10,12-13H2,(H,21,22)/p+1/t15-/m1/s1. The molecule has 23 heavy (non-hydrogen) atoms. The highest BCUT2D eigenvalue weighted by Crippen LogP contribution is 2.22. The van der Waals surface area contributed by atoms with Crippen molar-refractivity contribution in [2.75, 3.05) is 13.1 Å². The second-order valence-electron chi connectivity index (χ2n) is 6.49. The lowest BCUT2D eigenvalue weighted by atomic mass is 9.97. The average Bonchev–Trinajstić information content (AvgIpc) is 2.99. The van der Waals surface area contributed by atoms with Gasteiger partial charge in [-0.05, 0) is 37.1 Å². The molecule has 0 amide bonds. The Balaban J connectivity index is 1.50. The highest BCUT2D eigenvalue weighted by atomic mass is 19.1. The molecule has 2 N–H and O–H groups in total. The van der Waals surface area contributed by atoms with Crippen LogP contribution < -0.4 is 4.90 Å². The van der Waals surface area contributed by atoms with E-state index in [1.54, 1.807) is 12.1 Å². The number of benzene rings is 2. The maximum absolute atomic E-state index is 13.4. The summed E-state index contributed by atoms with van der Waals surface area (Å²) < 4.78 is 13.4. The number of imidazole rings is 1. The zero-order valence-electron chi connectivity index (χ0n) is 13.1. The van der Waals surface area contributed by atoms with E-state index in [2.05, 4.69) is 17.1 Å². The minimum Gasteiger partial charge on any atom is -0.342 e. The van der Waals surface area contributed by atoms with Gasteiger partial charge in [0, 0.05) is 5.56 Å². The molecular weight excluding hydrogens is 289 g/mol. The summed E-state index contributed by atoms with van der Waals surface area (Å²) in [5, 5.41) is 0. The second-order valence-corrected chi connectivity index (χ2v) is 6.49. The number of aromatic nitrogens is 2. The molecule has 4 heteroatoms. The number of halogens is 1. The minimum absolute atomic E-state index is 0.146. The predicted octanol–water partition coefficient (Wildman–Crippen LogP) is 2.66. The van der Waals surface area contributed by atoms with E-state index in [-0.39, 0.29) is 5.82 Å². The van der Waals surface area contributed by atoms with E-state index in [1.807, 2.05) is 18.2 Å². The fraction of sp³-hybridized carbons (Fsp3) is 0.316. The van der Waals surface area contributed by atoms with Crippen molar-refractivity contribution in [2.24, 2.45) is 0 Å². The van der Waals surface area contributed by atoms with Crippen molar-refractivity contribution < 1.29 is 9.29 Å². The molecule has 2 atom stereocenters. The molecule has 0 radical (unpaired) electrons. The normalized spacial score (nSPS) is 21.6. The number of para-hydroxylation sites is 2. The Morgan fingerprint density at radius 2 is 2.09 bits per heavy atom. The van der Waals surface area contributed by atoms with Crippen LogP contribution in [0.2, 0.25) is 0 Å². The van der Waals surface area contributed by atoms with E-state index in [1.165, 1.54) is 23.8 Å². The van der Waals surface area contributed by atoms with Gasteiger partial charge in [0.15, 0.2) is 0 Å². The fourth-order valence-corrected chi connectivity index (χ4v) is 3.65. The lowest BCUT2D eigenvalue weighted by Crippen LogP contribution is -3.12. The molecule has 0 aliphatic carbocycles. The van der Waals surface area contributed by atoms with Crippen LogP contribution in [0.3, 0.4) is 0 Å². The molecule has 3 nitrogen and oxygen atoms in total. The summed E-state index contributed by atoms with van der Waals surface area (Å²) in [5.74, 6) is 1.41. The quantitative estimate of drug-likeness (QED) is 0.766. The van der Waals surface area contributed by atoms with Crippen LogP contribution in [-0.2, 0) is 6.54 Å². The monoisotopic (exact) mass is 310 g/mol. The van der Waals surface area contributed by atoms with Crippen LogP contribution in [-0.4, -0.2) is 23.1 Å². The molecule has 0 spiro atoms. The smallest absolute Gasteiger partial charge is 0.123 e. The second kappa shape index (κ2) is 6.13. The van der Waals surface area contributed by atoms with Crippen LogP contribution in [0, 0.1) is 5.82 Å². The zero-order valence-corrected chi connectivity index (χ0v) is 13.1. The highest BCUT2D eigenvalue weighted by Gasteiger charge is 2.26. The largest absolute Gasteiger partial charge is 0.342 e. The molecule has 1 saturated heterocycles. The molecule has 1 unspecified atom stereocenters. The maximum atomic E-state index is 13.4. The number of likely N-dealkylation sites (tertiary alicyclic amines) is 1. The summed E-state index contributed by atoms with van der Waals surface area (Å²) in [7, 11) is 0. The average molecular weight is 310 g/mol. The Hall–Kier alpha value is -2.20. The lowest BCUT2D eigenvalue weighted by molar-refractivity contribution is -0.920. The third-order valence-electron chi connectivity index (χ3n) is 4.76. The van der Waals surface area contributed by atoms with E-state index in [0.717, 1.165) is 42.1 Å². The van der Waals surface area contributed by atoms with Crippen molar-refractivity contribution in [3.05, 3.63) is 65.7 Å². The number of nitrogens with one attached hydrogen (secondary N) is 2. The van der Waals surface area contributed by atoms with Crippen LogP contribution in [0.1, 0.15) is 30.1 Å². The molecule has 0 bridgehead atoms. The number of hydrogen-bond acceptors (Lipinski definition) is 1. The van der Waals surface area contributed by atoms with Gasteiger partial charge in [-0.25, -0.2) is 9.37 Å². The number of quaternary nitrogens is 1. The van der Waals surface area contributed by atoms with E-state index >= 15 is 0 Å². The molecule has 1 aliphatic heterocycles. The summed E-state index contributed by atoms with van der Waals surface area (Å²) in [4.78, 5) is 9.74. The molecule has 1 fully saturated rings. The number of rotatable bonds is 3. The van der Waals surface area contributed by atoms with E-state index in [4.69, 9.17) is 4.98 Å². The van der Waals surface area contributed by atoms with Gasteiger partial charge in [0.1, 0.15) is 18.2 Å². The number of nitrogens with zero attached hydrogens (tertiary/aromatic N) is 1. The van der Waals surface area contributed by atoms with Crippen LogP contribution in [0.5, 0.6) is 0 Å². The van der Waals surface area contributed by atoms with Crippen LogP contribution in [0.4, 0.5) is 4.39 Å². The predicted molar refractivity (Wildman–Crippen MR) is 88.9 cm³/mol. The van der Waals surface area contributed by atoms with Gasteiger partial charge >= 0.3 is 0 Å². The first-order valence-electron chi connectivity index (χ1n) is 8.30. The lowest BCUT2D eigenvalue weighted by Gasteiger charge is -2.29. The minimum atomic E-state index is -0.146. The molecule has 2 heterocycles. The van der Waals surface area contributed by atoms with Gasteiger partial charge in [-0.2, -0.15) is 0 Å². The number of piperidine rings is 1. The first-order valence-corrected chi connectivity index (χ1v) is 8.30. The topological polar surface area (TPSA) is 33.1 Å². The van der Waals surface area contributed by atoms with Gasteiger partial charge in [-0.3, -0.25) is 0 Å². The summed E-state index contributed by atoms with van der Waals surface area (Å²) >= 11 is 0. The fourth-order valence-electron chi connectivity index (χ4n) is 3.65. The van der Waals surface area contributed by atoms with Gasteiger partial charge in [0.2, 0.25) is 0 Å². The molecule has 4 rings (SSSR count). The Morgan fingerprint density at radius 1 is 1.17 bits per heavy atom. The van der Waals surface area contributed by atoms with Crippen LogP contribution in [0.25, 0.3) is 11.0 Å². The Bertz CT molecular complexity index is 778. The van der Waals surface area contributed by atoms with E-state index < -0.39 is 0 Å². The van der Waals surface area contributed by atoms with Gasteiger partial charge < -0.3 is 9.88 Å². The molecular formula is C19H21FN3+. The maximum Gasteiger partial charge on any atom is 0.123 e. The van der Waals surface area contributed by atoms with E-state index in [9.17, 15) is 4.39 Å². The van der Waals surface area contributed by atoms with Crippen molar-refractivity contribution in [1.82, 2.24) is 9.97 Å². The van der Waals surface area contributed by atoms with Crippen molar-refractivity contribution in [3.63, 3.8) is 0 Å². The SMILES string of the molecule is Fc1cccc(C[NH+]2CCC[C@@H](c3nc4ccccc4[nH]3)C2)c1. The van der Waals surface area contributed by atoms with Crippen molar-refractivity contribution >= 4 is 11.0 Å². The van der Waals surface area contributed by atoms with Crippen LogP contribution in [0.15, 0.2) is 48.5 Å². The highest BCUT2D eigenvalue weighted by molar-refractivity contribution is 5.74. The zero-order chi connectivity index (χ0) is 15.6. The van der Waals surface area contributed by atoms with Crippen LogP contribution >= 0.6 is 0 Å². The Kier molecular flexibility index (Phi) is 3.83.